The van der Waals surface area contributed by atoms with Gasteiger partial charge in [0.2, 0.25) is 0 Å². The molecular formula is C13H26N2O. The third-order valence-electron chi connectivity index (χ3n) is 3.95. The molecule has 0 radical (unpaired) electrons. The first kappa shape index (κ1) is 12.3. The number of likely N-dealkylation sites (tertiary alicyclic amines) is 1. The molecule has 2 heterocycles. The fourth-order valence-corrected chi connectivity index (χ4v) is 2.83. The quantitative estimate of drug-likeness (QED) is 0.724. The van der Waals surface area contributed by atoms with Crippen LogP contribution in [0.5, 0.6) is 0 Å². The molecule has 2 saturated heterocycles. The van der Waals surface area contributed by atoms with Crippen LogP contribution in [0.1, 0.15) is 32.6 Å². The van der Waals surface area contributed by atoms with Crippen LogP contribution < -0.4 is 0 Å². The van der Waals surface area contributed by atoms with Crippen LogP contribution in [0, 0.1) is 0 Å². The molecule has 0 atom stereocenters. The number of unbranched alkanes of at least 4 members (excludes halogenated alkanes) is 1. The first-order chi connectivity index (χ1) is 7.90. The molecule has 0 aliphatic carbocycles. The number of hydrogen-bond donors (Lipinski definition) is 0. The summed E-state index contributed by atoms with van der Waals surface area (Å²) in [6, 6.07) is 0.835. The highest BCUT2D eigenvalue weighted by Crippen LogP contribution is 2.17. The van der Waals surface area contributed by atoms with Crippen molar-refractivity contribution in [2.24, 2.45) is 0 Å². The van der Waals surface area contributed by atoms with Crippen LogP contribution in [0.4, 0.5) is 0 Å². The number of morpholine rings is 1. The van der Waals surface area contributed by atoms with Gasteiger partial charge in [-0.2, -0.15) is 0 Å². The fraction of sp³-hybridized carbons (Fsp3) is 1.00. The van der Waals surface area contributed by atoms with Crippen LogP contribution in [-0.4, -0.2) is 61.8 Å². The summed E-state index contributed by atoms with van der Waals surface area (Å²) in [5.41, 5.74) is 0. The lowest BCUT2D eigenvalue weighted by Crippen LogP contribution is -2.49. The topological polar surface area (TPSA) is 15.7 Å². The van der Waals surface area contributed by atoms with Gasteiger partial charge >= 0.3 is 0 Å². The zero-order valence-electron chi connectivity index (χ0n) is 10.7. The second-order valence-electron chi connectivity index (χ2n) is 5.07. The SMILES string of the molecule is CCCCN1CCC(N2CCOCC2)CC1. The van der Waals surface area contributed by atoms with Crippen LogP contribution in [-0.2, 0) is 4.74 Å². The van der Waals surface area contributed by atoms with Gasteiger partial charge in [-0.15, -0.1) is 0 Å². The van der Waals surface area contributed by atoms with Crippen LogP contribution in [0.2, 0.25) is 0 Å². The van der Waals surface area contributed by atoms with Crippen molar-refractivity contribution in [1.82, 2.24) is 9.80 Å². The molecule has 2 fully saturated rings. The Morgan fingerprint density at radius 2 is 1.75 bits per heavy atom. The summed E-state index contributed by atoms with van der Waals surface area (Å²) < 4.78 is 5.41. The molecular weight excluding hydrogens is 200 g/mol. The van der Waals surface area contributed by atoms with Crippen LogP contribution >= 0.6 is 0 Å². The second-order valence-corrected chi connectivity index (χ2v) is 5.07. The molecule has 0 spiro atoms. The second kappa shape index (κ2) is 6.58. The van der Waals surface area contributed by atoms with E-state index in [1.54, 1.807) is 0 Å². The Kier molecular flexibility index (Phi) is 5.07. The molecule has 0 aromatic heterocycles. The van der Waals surface area contributed by atoms with Gasteiger partial charge in [-0.05, 0) is 38.9 Å². The zero-order valence-corrected chi connectivity index (χ0v) is 10.7. The van der Waals surface area contributed by atoms with Gasteiger partial charge in [0.25, 0.3) is 0 Å². The van der Waals surface area contributed by atoms with E-state index in [0.717, 1.165) is 32.3 Å². The minimum Gasteiger partial charge on any atom is -0.379 e. The number of nitrogens with zero attached hydrogens (tertiary/aromatic N) is 2. The van der Waals surface area contributed by atoms with E-state index in [2.05, 4.69) is 16.7 Å². The molecule has 0 amide bonds. The van der Waals surface area contributed by atoms with Crippen molar-refractivity contribution in [1.29, 1.82) is 0 Å². The van der Waals surface area contributed by atoms with E-state index < -0.39 is 0 Å². The Morgan fingerprint density at radius 3 is 2.38 bits per heavy atom. The van der Waals surface area contributed by atoms with Crippen LogP contribution in [0.25, 0.3) is 0 Å². The predicted molar refractivity (Wildman–Crippen MR) is 66.8 cm³/mol. The highest BCUT2D eigenvalue weighted by atomic mass is 16.5. The maximum Gasteiger partial charge on any atom is 0.0594 e. The van der Waals surface area contributed by atoms with Gasteiger partial charge in [0, 0.05) is 19.1 Å². The summed E-state index contributed by atoms with van der Waals surface area (Å²) in [6.07, 6.45) is 5.42. The smallest absolute Gasteiger partial charge is 0.0594 e. The maximum absolute atomic E-state index is 5.41. The zero-order chi connectivity index (χ0) is 11.2. The van der Waals surface area contributed by atoms with Crippen molar-refractivity contribution in [2.45, 2.75) is 38.6 Å². The lowest BCUT2D eigenvalue weighted by Gasteiger charge is -2.40. The van der Waals surface area contributed by atoms with Crippen LogP contribution in [0.3, 0.4) is 0 Å². The normalized spacial score (nSPS) is 26.1. The molecule has 0 bridgehead atoms. The lowest BCUT2D eigenvalue weighted by atomic mass is 10.0. The molecule has 0 N–H and O–H groups in total. The molecule has 94 valence electrons. The Labute approximate surface area is 99.7 Å². The van der Waals surface area contributed by atoms with Gasteiger partial charge in [-0.25, -0.2) is 0 Å². The number of ether oxygens (including phenoxy) is 1. The van der Waals surface area contributed by atoms with Gasteiger partial charge in [0.1, 0.15) is 0 Å². The van der Waals surface area contributed by atoms with Crippen molar-refractivity contribution in [3.05, 3.63) is 0 Å². The third kappa shape index (κ3) is 3.44. The van der Waals surface area contributed by atoms with E-state index in [0.29, 0.717) is 0 Å². The molecule has 3 nitrogen and oxygen atoms in total. The molecule has 3 heteroatoms. The van der Waals surface area contributed by atoms with Crippen molar-refractivity contribution >= 4 is 0 Å². The van der Waals surface area contributed by atoms with Gasteiger partial charge in [0.15, 0.2) is 0 Å². The monoisotopic (exact) mass is 226 g/mol. The van der Waals surface area contributed by atoms with Crippen molar-refractivity contribution in [2.75, 3.05) is 45.9 Å². The van der Waals surface area contributed by atoms with Gasteiger partial charge in [0.05, 0.1) is 13.2 Å². The van der Waals surface area contributed by atoms with Crippen molar-refractivity contribution in [3.63, 3.8) is 0 Å². The summed E-state index contributed by atoms with van der Waals surface area (Å²) in [6.45, 7) is 10.4. The number of rotatable bonds is 4. The maximum atomic E-state index is 5.41. The minimum atomic E-state index is 0.835. The standard InChI is InChI=1S/C13H26N2O/c1-2-3-6-14-7-4-13(5-8-14)15-9-11-16-12-10-15/h13H,2-12H2,1H3. The summed E-state index contributed by atoms with van der Waals surface area (Å²) >= 11 is 0. The third-order valence-corrected chi connectivity index (χ3v) is 3.95. The highest BCUT2D eigenvalue weighted by molar-refractivity contribution is 4.80. The molecule has 0 aromatic carbocycles. The van der Waals surface area contributed by atoms with Crippen molar-refractivity contribution in [3.8, 4) is 0 Å². The predicted octanol–water partition coefficient (Wildman–Crippen LogP) is 1.58. The van der Waals surface area contributed by atoms with E-state index in [-0.39, 0.29) is 0 Å². The lowest BCUT2D eigenvalue weighted by molar-refractivity contribution is 0.000837. The van der Waals surface area contributed by atoms with E-state index >= 15 is 0 Å². The van der Waals surface area contributed by atoms with E-state index in [1.165, 1.54) is 45.3 Å². The number of hydrogen-bond acceptors (Lipinski definition) is 3. The van der Waals surface area contributed by atoms with Gasteiger partial charge in [-0.1, -0.05) is 13.3 Å². The van der Waals surface area contributed by atoms with E-state index in [9.17, 15) is 0 Å². The Hall–Kier alpha value is -0.120. The highest BCUT2D eigenvalue weighted by Gasteiger charge is 2.25. The minimum absolute atomic E-state index is 0.835. The Balaban J connectivity index is 1.67. The number of piperidine rings is 1. The van der Waals surface area contributed by atoms with Gasteiger partial charge in [-0.3, -0.25) is 4.90 Å². The van der Waals surface area contributed by atoms with Crippen molar-refractivity contribution < 1.29 is 4.74 Å². The summed E-state index contributed by atoms with van der Waals surface area (Å²) in [7, 11) is 0. The summed E-state index contributed by atoms with van der Waals surface area (Å²) in [4.78, 5) is 5.28. The molecule has 2 rings (SSSR count). The molecule has 2 aliphatic heterocycles. The Bertz CT molecular complexity index is 184. The first-order valence-corrected chi connectivity index (χ1v) is 6.94. The molecule has 16 heavy (non-hydrogen) atoms. The first-order valence-electron chi connectivity index (χ1n) is 6.94. The largest absolute Gasteiger partial charge is 0.379 e. The molecule has 0 unspecified atom stereocenters. The van der Waals surface area contributed by atoms with Crippen LogP contribution in [0.15, 0.2) is 0 Å². The average Bonchev–Trinajstić information content (AvgIpc) is 2.38. The fourth-order valence-electron chi connectivity index (χ4n) is 2.83. The molecule has 2 aliphatic rings. The van der Waals surface area contributed by atoms with E-state index in [1.807, 2.05) is 0 Å². The Morgan fingerprint density at radius 1 is 1.06 bits per heavy atom. The van der Waals surface area contributed by atoms with E-state index in [4.69, 9.17) is 4.74 Å². The molecule has 0 saturated carbocycles. The summed E-state index contributed by atoms with van der Waals surface area (Å²) in [5.74, 6) is 0. The average molecular weight is 226 g/mol. The summed E-state index contributed by atoms with van der Waals surface area (Å²) in [5, 5.41) is 0. The molecule has 0 aromatic rings. The van der Waals surface area contributed by atoms with Gasteiger partial charge < -0.3 is 9.64 Å².